The van der Waals surface area contributed by atoms with Crippen molar-refractivity contribution in [2.24, 2.45) is 0 Å². The number of furan rings is 1. The van der Waals surface area contributed by atoms with Gasteiger partial charge in [0.15, 0.2) is 0 Å². The van der Waals surface area contributed by atoms with E-state index < -0.39 is 0 Å². The number of anilines is 3. The van der Waals surface area contributed by atoms with Crippen LogP contribution in [0.25, 0.3) is 82.5 Å². The molecule has 0 unspecified atom stereocenters. The first-order valence-electron chi connectivity index (χ1n) is 18.8. The van der Waals surface area contributed by atoms with Crippen LogP contribution in [0.2, 0.25) is 0 Å². The third kappa shape index (κ3) is 5.20. The Morgan fingerprint density at radius 2 is 0.891 bits per heavy atom. The van der Waals surface area contributed by atoms with Crippen molar-refractivity contribution in [2.75, 3.05) is 4.90 Å². The predicted octanol–water partition coefficient (Wildman–Crippen LogP) is 14.6. The molecular formula is C52H34N2O. The Labute approximate surface area is 318 Å². The average Bonchev–Trinajstić information content (AvgIpc) is 3.81. The highest BCUT2D eigenvalue weighted by atomic mass is 16.3. The van der Waals surface area contributed by atoms with Crippen molar-refractivity contribution in [2.45, 2.75) is 0 Å². The average molecular weight is 703 g/mol. The van der Waals surface area contributed by atoms with E-state index >= 15 is 0 Å². The standard InChI is InChI=1S/C52H34N2O/c1-2-10-35(11-3-1)36-18-25-40(26-19-36)53(43-31-33-51-48(34-43)46-15-7-9-17-50(46)55-51)41-27-20-37(21-28-41)38-22-29-42(30-23-38)54-49-16-8-6-14-45(49)47-32-24-39-12-4-5-13-44(39)52(47)54/h1-34H. The van der Waals surface area contributed by atoms with Gasteiger partial charge in [-0.2, -0.15) is 0 Å². The van der Waals surface area contributed by atoms with Gasteiger partial charge in [0.25, 0.3) is 0 Å². The minimum atomic E-state index is 0.886. The summed E-state index contributed by atoms with van der Waals surface area (Å²) < 4.78 is 8.62. The molecular weight excluding hydrogens is 669 g/mol. The maximum Gasteiger partial charge on any atom is 0.135 e. The van der Waals surface area contributed by atoms with Gasteiger partial charge in [0.1, 0.15) is 11.2 Å². The van der Waals surface area contributed by atoms with Crippen LogP contribution in [-0.2, 0) is 0 Å². The van der Waals surface area contributed by atoms with Crippen LogP contribution in [0.15, 0.2) is 211 Å². The summed E-state index contributed by atoms with van der Waals surface area (Å²) in [5, 5.41) is 7.26. The number of hydrogen-bond donors (Lipinski definition) is 0. The highest BCUT2D eigenvalue weighted by Crippen LogP contribution is 2.41. The van der Waals surface area contributed by atoms with Gasteiger partial charge in [0, 0.05) is 49.7 Å². The molecule has 0 N–H and O–H groups in total. The van der Waals surface area contributed by atoms with Crippen LogP contribution >= 0.6 is 0 Å². The summed E-state index contributed by atoms with van der Waals surface area (Å²) in [7, 11) is 0. The third-order valence-electron chi connectivity index (χ3n) is 11.0. The van der Waals surface area contributed by atoms with Gasteiger partial charge in [-0.25, -0.2) is 0 Å². The molecule has 258 valence electrons. The van der Waals surface area contributed by atoms with Gasteiger partial charge in [-0.3, -0.25) is 0 Å². The van der Waals surface area contributed by atoms with E-state index in [0.29, 0.717) is 0 Å². The highest BCUT2D eigenvalue weighted by Gasteiger charge is 2.17. The largest absolute Gasteiger partial charge is 0.456 e. The maximum absolute atomic E-state index is 6.20. The molecule has 0 radical (unpaired) electrons. The zero-order chi connectivity index (χ0) is 36.3. The van der Waals surface area contributed by atoms with E-state index in [-0.39, 0.29) is 0 Å². The van der Waals surface area contributed by atoms with Gasteiger partial charge in [-0.15, -0.1) is 0 Å². The molecule has 0 saturated carbocycles. The van der Waals surface area contributed by atoms with Crippen molar-refractivity contribution < 1.29 is 4.42 Å². The van der Waals surface area contributed by atoms with Gasteiger partial charge >= 0.3 is 0 Å². The number of benzene rings is 9. The first kappa shape index (κ1) is 31.2. The van der Waals surface area contributed by atoms with Crippen LogP contribution < -0.4 is 4.90 Å². The van der Waals surface area contributed by atoms with Gasteiger partial charge in [0.2, 0.25) is 0 Å². The molecule has 55 heavy (non-hydrogen) atoms. The van der Waals surface area contributed by atoms with Crippen LogP contribution in [0.1, 0.15) is 0 Å². The van der Waals surface area contributed by atoms with Crippen molar-refractivity contribution >= 4 is 71.6 Å². The zero-order valence-corrected chi connectivity index (χ0v) is 29.9. The molecule has 0 saturated heterocycles. The molecule has 0 aliphatic rings. The summed E-state index contributed by atoms with van der Waals surface area (Å²) in [6.07, 6.45) is 0. The number of hydrogen-bond acceptors (Lipinski definition) is 2. The predicted molar refractivity (Wildman–Crippen MR) is 231 cm³/mol. The molecule has 0 bridgehead atoms. The van der Waals surface area contributed by atoms with Crippen molar-refractivity contribution in [1.29, 1.82) is 0 Å². The SMILES string of the molecule is c1ccc(-c2ccc(N(c3ccc(-c4ccc(-n5c6ccccc6c6ccc7ccccc7c65)cc4)cc3)c3ccc4oc5ccccc5c4c3)cc2)cc1. The van der Waals surface area contributed by atoms with Crippen molar-refractivity contribution in [1.82, 2.24) is 4.57 Å². The molecule has 2 heterocycles. The van der Waals surface area contributed by atoms with Crippen LogP contribution in [0, 0.1) is 0 Å². The molecule has 0 fully saturated rings. The number of nitrogens with zero attached hydrogens (tertiary/aromatic N) is 2. The lowest BCUT2D eigenvalue weighted by molar-refractivity contribution is 0.669. The molecule has 9 aromatic carbocycles. The van der Waals surface area contributed by atoms with E-state index in [4.69, 9.17) is 4.42 Å². The molecule has 11 rings (SSSR count). The Kier molecular flexibility index (Phi) is 7.17. The quantitative estimate of drug-likeness (QED) is 0.172. The van der Waals surface area contributed by atoms with Crippen LogP contribution in [0.4, 0.5) is 17.1 Å². The van der Waals surface area contributed by atoms with Crippen LogP contribution in [0.5, 0.6) is 0 Å². The smallest absolute Gasteiger partial charge is 0.135 e. The molecule has 0 atom stereocenters. The van der Waals surface area contributed by atoms with Crippen molar-refractivity contribution in [3.05, 3.63) is 206 Å². The molecule has 0 amide bonds. The number of aromatic nitrogens is 1. The Morgan fingerprint density at radius 1 is 0.345 bits per heavy atom. The second-order valence-electron chi connectivity index (χ2n) is 14.2. The van der Waals surface area contributed by atoms with E-state index in [0.717, 1.165) is 44.7 Å². The monoisotopic (exact) mass is 702 g/mol. The molecule has 0 aliphatic carbocycles. The summed E-state index contributed by atoms with van der Waals surface area (Å²) in [5.41, 5.74) is 13.4. The molecule has 2 aromatic heterocycles. The maximum atomic E-state index is 6.20. The van der Waals surface area contributed by atoms with E-state index in [9.17, 15) is 0 Å². The zero-order valence-electron chi connectivity index (χ0n) is 29.9. The van der Waals surface area contributed by atoms with Crippen LogP contribution in [0.3, 0.4) is 0 Å². The summed E-state index contributed by atoms with van der Waals surface area (Å²) in [6, 6.07) is 73.9. The Hall–Kier alpha value is -7.36. The summed E-state index contributed by atoms with van der Waals surface area (Å²) >= 11 is 0. The summed E-state index contributed by atoms with van der Waals surface area (Å²) in [5.74, 6) is 0. The third-order valence-corrected chi connectivity index (χ3v) is 11.0. The summed E-state index contributed by atoms with van der Waals surface area (Å²) in [4.78, 5) is 2.33. The molecule has 0 spiro atoms. The Balaban J connectivity index is 0.983. The normalized spacial score (nSPS) is 11.6. The fourth-order valence-corrected chi connectivity index (χ4v) is 8.34. The number of para-hydroxylation sites is 2. The highest BCUT2D eigenvalue weighted by molar-refractivity contribution is 6.18. The Morgan fingerprint density at radius 3 is 1.62 bits per heavy atom. The van der Waals surface area contributed by atoms with E-state index in [1.54, 1.807) is 0 Å². The fourth-order valence-electron chi connectivity index (χ4n) is 8.34. The minimum absolute atomic E-state index is 0.886. The Bertz CT molecular complexity index is 3170. The molecule has 3 nitrogen and oxygen atoms in total. The second-order valence-corrected chi connectivity index (χ2v) is 14.2. The number of fused-ring (bicyclic) bond motifs is 8. The lowest BCUT2D eigenvalue weighted by Crippen LogP contribution is -2.09. The van der Waals surface area contributed by atoms with Gasteiger partial charge in [0.05, 0.1) is 11.0 Å². The molecule has 11 aromatic rings. The molecule has 3 heteroatoms. The lowest BCUT2D eigenvalue weighted by atomic mass is 10.0. The number of rotatable bonds is 6. The minimum Gasteiger partial charge on any atom is -0.456 e. The second kappa shape index (κ2) is 12.6. The van der Waals surface area contributed by atoms with Crippen molar-refractivity contribution in [3.63, 3.8) is 0 Å². The van der Waals surface area contributed by atoms with E-state index in [1.807, 2.05) is 12.1 Å². The first-order valence-corrected chi connectivity index (χ1v) is 18.8. The van der Waals surface area contributed by atoms with Gasteiger partial charge in [-0.05, 0) is 94.4 Å². The molecule has 0 aliphatic heterocycles. The van der Waals surface area contributed by atoms with Crippen LogP contribution in [-0.4, -0.2) is 4.57 Å². The van der Waals surface area contributed by atoms with Gasteiger partial charge in [-0.1, -0.05) is 140 Å². The van der Waals surface area contributed by atoms with Crippen molar-refractivity contribution in [3.8, 4) is 27.9 Å². The fraction of sp³-hybridized carbons (Fsp3) is 0. The summed E-state index contributed by atoms with van der Waals surface area (Å²) in [6.45, 7) is 0. The van der Waals surface area contributed by atoms with E-state index in [2.05, 4.69) is 204 Å². The topological polar surface area (TPSA) is 21.3 Å². The van der Waals surface area contributed by atoms with E-state index in [1.165, 1.54) is 54.8 Å². The first-order chi connectivity index (χ1) is 27.3. The van der Waals surface area contributed by atoms with Gasteiger partial charge < -0.3 is 13.9 Å². The lowest BCUT2D eigenvalue weighted by Gasteiger charge is -2.26.